The molecule has 3 aromatic rings. The van der Waals surface area contributed by atoms with Crippen LogP contribution in [0.15, 0.2) is 20.8 Å². The predicted molar refractivity (Wildman–Crippen MR) is 93.3 cm³/mol. The SMILES string of the molecule is Cc1cc(=O)n2nc(N3CCc4nc(Br)sc4C3)c(C)cc2n1. The smallest absolute Gasteiger partial charge is 0.274 e. The number of aryl methyl sites for hydroxylation is 2. The summed E-state index contributed by atoms with van der Waals surface area (Å²) in [5, 5.41) is 4.56. The van der Waals surface area contributed by atoms with Crippen molar-refractivity contribution in [2.75, 3.05) is 11.4 Å². The van der Waals surface area contributed by atoms with Crippen LogP contribution in [-0.2, 0) is 13.0 Å². The first-order chi connectivity index (χ1) is 11.0. The third-order valence-electron chi connectivity index (χ3n) is 3.95. The molecule has 4 rings (SSSR count). The van der Waals surface area contributed by atoms with E-state index >= 15 is 0 Å². The van der Waals surface area contributed by atoms with Crippen LogP contribution >= 0.6 is 27.3 Å². The van der Waals surface area contributed by atoms with Crippen LogP contribution in [-0.4, -0.2) is 26.1 Å². The van der Waals surface area contributed by atoms with Gasteiger partial charge < -0.3 is 4.90 Å². The van der Waals surface area contributed by atoms with Crippen molar-refractivity contribution in [3.8, 4) is 0 Å². The van der Waals surface area contributed by atoms with Crippen LogP contribution in [0.2, 0.25) is 0 Å². The summed E-state index contributed by atoms with van der Waals surface area (Å²) in [5.74, 6) is 0.834. The minimum Gasteiger partial charge on any atom is -0.349 e. The van der Waals surface area contributed by atoms with Gasteiger partial charge in [0.15, 0.2) is 15.4 Å². The van der Waals surface area contributed by atoms with Gasteiger partial charge in [-0.15, -0.1) is 16.4 Å². The first kappa shape index (κ1) is 14.8. The topological polar surface area (TPSA) is 63.4 Å². The van der Waals surface area contributed by atoms with Gasteiger partial charge in [-0.1, -0.05) is 0 Å². The number of hydrogen-bond acceptors (Lipinski definition) is 6. The molecule has 1 aliphatic rings. The molecule has 3 aromatic heterocycles. The van der Waals surface area contributed by atoms with E-state index in [9.17, 15) is 4.79 Å². The Morgan fingerprint density at radius 1 is 1.26 bits per heavy atom. The second kappa shape index (κ2) is 5.38. The van der Waals surface area contributed by atoms with Gasteiger partial charge in [0.05, 0.1) is 12.2 Å². The average Bonchev–Trinajstić information content (AvgIpc) is 2.85. The van der Waals surface area contributed by atoms with E-state index in [4.69, 9.17) is 0 Å². The summed E-state index contributed by atoms with van der Waals surface area (Å²) in [6.45, 7) is 5.44. The summed E-state index contributed by atoms with van der Waals surface area (Å²) in [7, 11) is 0. The zero-order chi connectivity index (χ0) is 16.1. The van der Waals surface area contributed by atoms with Crippen molar-refractivity contribution in [2.45, 2.75) is 26.8 Å². The van der Waals surface area contributed by atoms with Crippen LogP contribution < -0.4 is 10.5 Å². The zero-order valence-electron chi connectivity index (χ0n) is 12.7. The number of hydrogen-bond donors (Lipinski definition) is 0. The van der Waals surface area contributed by atoms with Gasteiger partial charge in [0, 0.05) is 29.6 Å². The predicted octanol–water partition coefficient (Wildman–Crippen LogP) is 2.49. The summed E-state index contributed by atoms with van der Waals surface area (Å²) in [6.07, 6.45) is 0.887. The summed E-state index contributed by atoms with van der Waals surface area (Å²) in [4.78, 5) is 24.5. The lowest BCUT2D eigenvalue weighted by Gasteiger charge is -2.28. The summed E-state index contributed by atoms with van der Waals surface area (Å²) in [6, 6.07) is 3.43. The standard InChI is InChI=1S/C15H14BrN5OS/c1-8-5-12-17-9(2)6-13(22)21(12)19-14(8)20-4-3-10-11(7-20)23-15(16)18-10/h5-6H,3-4,7H2,1-2H3. The lowest BCUT2D eigenvalue weighted by molar-refractivity contribution is 0.697. The number of thiazole rings is 1. The van der Waals surface area contributed by atoms with Crippen molar-refractivity contribution in [2.24, 2.45) is 0 Å². The molecule has 0 amide bonds. The van der Waals surface area contributed by atoms with Crippen LogP contribution in [0, 0.1) is 13.8 Å². The Labute approximate surface area is 144 Å². The lowest BCUT2D eigenvalue weighted by atomic mass is 10.1. The average molecular weight is 392 g/mol. The molecule has 0 N–H and O–H groups in total. The molecule has 0 spiro atoms. The van der Waals surface area contributed by atoms with Gasteiger partial charge in [-0.25, -0.2) is 9.97 Å². The monoisotopic (exact) mass is 391 g/mol. The minimum atomic E-state index is -0.146. The molecule has 4 heterocycles. The molecule has 23 heavy (non-hydrogen) atoms. The van der Waals surface area contributed by atoms with Gasteiger partial charge in [-0.3, -0.25) is 4.79 Å². The van der Waals surface area contributed by atoms with E-state index in [2.05, 4.69) is 35.9 Å². The van der Waals surface area contributed by atoms with Crippen molar-refractivity contribution < 1.29 is 0 Å². The van der Waals surface area contributed by atoms with Crippen LogP contribution in [0.4, 0.5) is 5.82 Å². The molecule has 118 valence electrons. The molecule has 0 bridgehead atoms. The van der Waals surface area contributed by atoms with Gasteiger partial charge in [-0.2, -0.15) is 4.52 Å². The number of halogens is 1. The van der Waals surface area contributed by atoms with Crippen LogP contribution in [0.3, 0.4) is 0 Å². The molecule has 8 heteroatoms. The van der Waals surface area contributed by atoms with E-state index < -0.39 is 0 Å². The molecule has 0 radical (unpaired) electrons. The first-order valence-corrected chi connectivity index (χ1v) is 8.89. The number of fused-ring (bicyclic) bond motifs is 2. The lowest BCUT2D eigenvalue weighted by Crippen LogP contribution is -2.32. The maximum Gasteiger partial charge on any atom is 0.274 e. The Morgan fingerprint density at radius 2 is 2.09 bits per heavy atom. The Bertz CT molecular complexity index is 980. The second-order valence-corrected chi connectivity index (χ2v) is 8.02. The minimum absolute atomic E-state index is 0.146. The number of nitrogens with zero attached hydrogens (tertiary/aromatic N) is 5. The van der Waals surface area contributed by atoms with Crippen molar-refractivity contribution in [1.29, 1.82) is 0 Å². The Morgan fingerprint density at radius 3 is 2.91 bits per heavy atom. The van der Waals surface area contributed by atoms with Crippen LogP contribution in [0.5, 0.6) is 0 Å². The number of rotatable bonds is 1. The van der Waals surface area contributed by atoms with Gasteiger partial charge >= 0.3 is 0 Å². The largest absolute Gasteiger partial charge is 0.349 e. The maximum absolute atomic E-state index is 12.2. The normalized spacial score (nSPS) is 14.3. The van der Waals surface area contributed by atoms with E-state index in [1.54, 1.807) is 11.3 Å². The van der Waals surface area contributed by atoms with Crippen molar-refractivity contribution in [3.63, 3.8) is 0 Å². The van der Waals surface area contributed by atoms with Crippen molar-refractivity contribution in [1.82, 2.24) is 19.6 Å². The third kappa shape index (κ3) is 2.55. The van der Waals surface area contributed by atoms with Crippen molar-refractivity contribution in [3.05, 3.63) is 48.2 Å². The summed E-state index contributed by atoms with van der Waals surface area (Å²) < 4.78 is 2.30. The molecule has 0 saturated carbocycles. The van der Waals surface area contributed by atoms with E-state index in [-0.39, 0.29) is 5.56 Å². The Hall–Kier alpha value is -1.80. The Balaban J connectivity index is 1.80. The quantitative estimate of drug-likeness (QED) is 0.637. The fourth-order valence-electron chi connectivity index (χ4n) is 2.90. The fraction of sp³-hybridized carbons (Fsp3) is 0.333. The highest BCUT2D eigenvalue weighted by atomic mass is 79.9. The van der Waals surface area contributed by atoms with Gasteiger partial charge in [0.2, 0.25) is 0 Å². The van der Waals surface area contributed by atoms with Gasteiger partial charge in [0.25, 0.3) is 5.56 Å². The molecule has 0 fully saturated rings. The molecule has 0 atom stereocenters. The molecule has 0 saturated heterocycles. The van der Waals surface area contributed by atoms with E-state index in [0.29, 0.717) is 11.3 Å². The van der Waals surface area contributed by atoms with Gasteiger partial charge in [0.1, 0.15) is 0 Å². The number of anilines is 1. The van der Waals surface area contributed by atoms with Crippen LogP contribution in [0.25, 0.3) is 5.65 Å². The zero-order valence-corrected chi connectivity index (χ0v) is 15.1. The molecule has 0 aromatic carbocycles. The molecule has 0 aliphatic carbocycles. The highest BCUT2D eigenvalue weighted by molar-refractivity contribution is 9.11. The van der Waals surface area contributed by atoms with Crippen molar-refractivity contribution >= 4 is 38.7 Å². The summed E-state index contributed by atoms with van der Waals surface area (Å²) in [5.41, 5.74) is 3.34. The summed E-state index contributed by atoms with van der Waals surface area (Å²) >= 11 is 5.11. The Kier molecular flexibility index (Phi) is 3.46. The third-order valence-corrected chi connectivity index (χ3v) is 5.48. The first-order valence-electron chi connectivity index (χ1n) is 7.28. The van der Waals surface area contributed by atoms with Crippen LogP contribution in [0.1, 0.15) is 21.8 Å². The fourth-order valence-corrected chi connectivity index (χ4v) is 4.54. The molecular weight excluding hydrogens is 378 g/mol. The maximum atomic E-state index is 12.2. The molecule has 6 nitrogen and oxygen atoms in total. The van der Waals surface area contributed by atoms with Gasteiger partial charge in [-0.05, 0) is 41.4 Å². The van der Waals surface area contributed by atoms with E-state index in [1.807, 2.05) is 19.9 Å². The molecule has 0 unspecified atom stereocenters. The molecule has 1 aliphatic heterocycles. The highest BCUT2D eigenvalue weighted by Gasteiger charge is 2.23. The molecular formula is C15H14BrN5OS. The highest BCUT2D eigenvalue weighted by Crippen LogP contribution is 2.31. The van der Waals surface area contributed by atoms with E-state index in [1.165, 1.54) is 15.5 Å². The number of aromatic nitrogens is 4. The second-order valence-electron chi connectivity index (χ2n) is 5.66. The van der Waals surface area contributed by atoms with E-state index in [0.717, 1.165) is 40.5 Å².